The van der Waals surface area contributed by atoms with Crippen LogP contribution in [-0.2, 0) is 43.5 Å². The van der Waals surface area contributed by atoms with Crippen LogP contribution in [0.4, 0.5) is 0 Å². The average molecular weight is 575 g/mol. The standard InChI is InChI=1S/C37H50O5/c1-3-4-5-6-7-8-9-19-26-38-37-36(41-29-33-24-17-12-18-25-33)35(40-28-32-22-15-11-16-23-32)34(30(2)42-37)39-27-31-20-13-10-14-21-31/h10-18,20-25,30,34-37H,3-9,19,26-29H2,1-2H3/t30-,34+,35+,36-,37-/m0/s1. The van der Waals surface area contributed by atoms with Crippen LogP contribution >= 0.6 is 0 Å². The molecule has 0 aromatic heterocycles. The molecule has 1 saturated heterocycles. The van der Waals surface area contributed by atoms with Crippen LogP contribution in [0, 0.1) is 0 Å². The van der Waals surface area contributed by atoms with E-state index in [0.717, 1.165) is 23.1 Å². The molecule has 1 fully saturated rings. The lowest BCUT2D eigenvalue weighted by Crippen LogP contribution is -2.60. The lowest BCUT2D eigenvalue weighted by atomic mass is 9.98. The van der Waals surface area contributed by atoms with Crippen molar-refractivity contribution in [2.45, 2.75) is 116 Å². The van der Waals surface area contributed by atoms with Gasteiger partial charge in [0.15, 0.2) is 6.29 Å². The highest BCUT2D eigenvalue weighted by Crippen LogP contribution is 2.31. The monoisotopic (exact) mass is 574 g/mol. The maximum absolute atomic E-state index is 6.65. The van der Waals surface area contributed by atoms with Crippen LogP contribution in [0.3, 0.4) is 0 Å². The maximum atomic E-state index is 6.65. The molecule has 1 aliphatic rings. The van der Waals surface area contributed by atoms with Gasteiger partial charge >= 0.3 is 0 Å². The first kappa shape index (κ1) is 32.4. The van der Waals surface area contributed by atoms with Gasteiger partial charge in [-0.25, -0.2) is 0 Å². The smallest absolute Gasteiger partial charge is 0.186 e. The molecular formula is C37H50O5. The van der Waals surface area contributed by atoms with Crippen LogP contribution in [0.25, 0.3) is 0 Å². The Balaban J connectivity index is 1.44. The molecule has 0 unspecified atom stereocenters. The molecule has 4 rings (SSSR count). The number of ether oxygens (including phenoxy) is 5. The molecule has 3 aromatic rings. The van der Waals surface area contributed by atoms with Crippen molar-refractivity contribution in [3.63, 3.8) is 0 Å². The van der Waals surface area contributed by atoms with Gasteiger partial charge in [-0.05, 0) is 30.0 Å². The Morgan fingerprint density at radius 2 is 0.929 bits per heavy atom. The molecular weight excluding hydrogens is 524 g/mol. The normalized spacial score (nSPS) is 22.3. The van der Waals surface area contributed by atoms with E-state index in [1.807, 2.05) is 54.6 Å². The predicted octanol–water partition coefficient (Wildman–Crippen LogP) is 8.64. The first-order valence-electron chi connectivity index (χ1n) is 16.0. The van der Waals surface area contributed by atoms with Gasteiger partial charge in [0.05, 0.1) is 25.9 Å². The van der Waals surface area contributed by atoms with E-state index in [1.165, 1.54) is 44.9 Å². The van der Waals surface area contributed by atoms with E-state index in [1.54, 1.807) is 0 Å². The second-order valence-electron chi connectivity index (χ2n) is 11.3. The Morgan fingerprint density at radius 3 is 1.43 bits per heavy atom. The predicted molar refractivity (Wildman–Crippen MR) is 168 cm³/mol. The summed E-state index contributed by atoms with van der Waals surface area (Å²) in [6, 6.07) is 30.7. The van der Waals surface area contributed by atoms with Crippen molar-refractivity contribution < 1.29 is 23.7 Å². The highest BCUT2D eigenvalue weighted by Gasteiger charge is 2.47. The number of benzene rings is 3. The largest absolute Gasteiger partial charge is 0.368 e. The minimum atomic E-state index is -0.536. The van der Waals surface area contributed by atoms with Crippen LogP contribution in [0.15, 0.2) is 91.0 Å². The summed E-state index contributed by atoms with van der Waals surface area (Å²) in [4.78, 5) is 0. The molecule has 0 N–H and O–H groups in total. The molecule has 0 bridgehead atoms. The molecule has 228 valence electrons. The van der Waals surface area contributed by atoms with E-state index in [9.17, 15) is 0 Å². The van der Waals surface area contributed by atoms with Crippen molar-refractivity contribution in [3.05, 3.63) is 108 Å². The molecule has 1 aliphatic heterocycles. The Bertz CT molecular complexity index is 1080. The molecule has 42 heavy (non-hydrogen) atoms. The van der Waals surface area contributed by atoms with Gasteiger partial charge < -0.3 is 23.7 Å². The van der Waals surface area contributed by atoms with Gasteiger partial charge in [-0.1, -0.05) is 143 Å². The topological polar surface area (TPSA) is 46.2 Å². The van der Waals surface area contributed by atoms with Crippen LogP contribution in [-0.4, -0.2) is 37.3 Å². The molecule has 5 heteroatoms. The summed E-state index contributed by atoms with van der Waals surface area (Å²) in [5.41, 5.74) is 3.32. The SMILES string of the molecule is CCCCCCCCCCO[C@H]1O[C@@H](C)[C@@H](OCc2ccccc2)[C@@H](OCc2ccccc2)[C@@H]1OCc1ccccc1. The first-order chi connectivity index (χ1) is 20.7. The van der Waals surface area contributed by atoms with Crippen molar-refractivity contribution in [3.8, 4) is 0 Å². The third-order valence-corrected chi connectivity index (χ3v) is 7.86. The van der Waals surface area contributed by atoms with Crippen molar-refractivity contribution in [1.29, 1.82) is 0 Å². The van der Waals surface area contributed by atoms with Gasteiger partial charge in [-0.2, -0.15) is 0 Å². The lowest BCUT2D eigenvalue weighted by molar-refractivity contribution is -0.320. The summed E-state index contributed by atoms with van der Waals surface area (Å²) in [6.07, 6.45) is 8.14. The van der Waals surface area contributed by atoms with E-state index < -0.39 is 12.4 Å². The third kappa shape index (κ3) is 10.9. The van der Waals surface area contributed by atoms with Gasteiger partial charge in [0, 0.05) is 6.61 Å². The second-order valence-corrected chi connectivity index (χ2v) is 11.3. The van der Waals surface area contributed by atoms with E-state index in [-0.39, 0.29) is 18.3 Å². The highest BCUT2D eigenvalue weighted by molar-refractivity contribution is 5.15. The van der Waals surface area contributed by atoms with E-state index >= 15 is 0 Å². The molecule has 0 saturated carbocycles. The minimum absolute atomic E-state index is 0.227. The fraction of sp³-hybridized carbons (Fsp3) is 0.514. The van der Waals surface area contributed by atoms with Crippen LogP contribution in [0.1, 0.15) is 81.9 Å². The zero-order chi connectivity index (χ0) is 29.2. The minimum Gasteiger partial charge on any atom is -0.368 e. The molecule has 3 aromatic carbocycles. The van der Waals surface area contributed by atoms with Gasteiger partial charge in [0.1, 0.15) is 18.3 Å². The molecule has 0 aliphatic carbocycles. The van der Waals surface area contributed by atoms with Gasteiger partial charge in [0.25, 0.3) is 0 Å². The molecule has 1 heterocycles. The van der Waals surface area contributed by atoms with Gasteiger partial charge in [0.2, 0.25) is 0 Å². The van der Waals surface area contributed by atoms with E-state index in [0.29, 0.717) is 26.4 Å². The summed E-state index contributed by atoms with van der Waals surface area (Å²) in [6.45, 7) is 6.32. The Morgan fingerprint density at radius 1 is 0.500 bits per heavy atom. The molecule has 0 radical (unpaired) electrons. The van der Waals surface area contributed by atoms with Crippen molar-refractivity contribution in [2.24, 2.45) is 0 Å². The first-order valence-corrected chi connectivity index (χ1v) is 16.0. The average Bonchev–Trinajstić information content (AvgIpc) is 3.03. The Labute approximate surface area is 253 Å². The van der Waals surface area contributed by atoms with Gasteiger partial charge in [-0.3, -0.25) is 0 Å². The zero-order valence-corrected chi connectivity index (χ0v) is 25.6. The van der Waals surface area contributed by atoms with Crippen molar-refractivity contribution in [2.75, 3.05) is 6.61 Å². The lowest BCUT2D eigenvalue weighted by Gasteiger charge is -2.45. The molecule has 0 amide bonds. The third-order valence-electron chi connectivity index (χ3n) is 7.86. The maximum Gasteiger partial charge on any atom is 0.186 e. The fourth-order valence-electron chi connectivity index (χ4n) is 5.44. The van der Waals surface area contributed by atoms with Gasteiger partial charge in [-0.15, -0.1) is 0 Å². The van der Waals surface area contributed by atoms with Crippen LogP contribution < -0.4 is 0 Å². The van der Waals surface area contributed by atoms with Crippen molar-refractivity contribution >= 4 is 0 Å². The van der Waals surface area contributed by atoms with Crippen LogP contribution in [0.2, 0.25) is 0 Å². The number of rotatable bonds is 19. The summed E-state index contributed by atoms with van der Waals surface area (Å²) in [7, 11) is 0. The second kappa shape index (κ2) is 18.9. The number of hydrogen-bond acceptors (Lipinski definition) is 5. The summed E-state index contributed by atoms with van der Waals surface area (Å²) >= 11 is 0. The quantitative estimate of drug-likeness (QED) is 0.134. The van der Waals surface area contributed by atoms with Crippen molar-refractivity contribution in [1.82, 2.24) is 0 Å². The Kier molecular flexibility index (Phi) is 14.6. The van der Waals surface area contributed by atoms with E-state index in [2.05, 4.69) is 50.2 Å². The summed E-state index contributed by atoms with van der Waals surface area (Å²) < 4.78 is 32.7. The molecule has 5 nitrogen and oxygen atoms in total. The fourth-order valence-corrected chi connectivity index (χ4v) is 5.44. The van der Waals surface area contributed by atoms with Crippen LogP contribution in [0.5, 0.6) is 0 Å². The molecule has 0 spiro atoms. The summed E-state index contributed by atoms with van der Waals surface area (Å²) in [5, 5.41) is 0. The number of unbranched alkanes of at least 4 members (excludes halogenated alkanes) is 7. The Hall–Kier alpha value is -2.54. The number of hydrogen-bond donors (Lipinski definition) is 0. The summed E-state index contributed by atoms with van der Waals surface area (Å²) in [5.74, 6) is 0. The molecule has 5 atom stereocenters. The zero-order valence-electron chi connectivity index (χ0n) is 25.6. The van der Waals surface area contributed by atoms with E-state index in [4.69, 9.17) is 23.7 Å². The highest BCUT2D eigenvalue weighted by atomic mass is 16.7.